The molecule has 1 amide bonds. The summed E-state index contributed by atoms with van der Waals surface area (Å²) in [6.45, 7) is 1.83. The van der Waals surface area contributed by atoms with Gasteiger partial charge in [-0.3, -0.25) is 0 Å². The Hall–Kier alpha value is -3.61. The molecule has 0 spiro atoms. The first-order valence-electron chi connectivity index (χ1n) is 9.38. The fraction of sp³-hybridized carbons (Fsp3) is 0.227. The van der Waals surface area contributed by atoms with E-state index in [4.69, 9.17) is 4.74 Å². The van der Waals surface area contributed by atoms with Gasteiger partial charge in [-0.1, -0.05) is 48.5 Å². The normalized spacial score (nSPS) is 14.5. The Labute approximate surface area is 168 Å². The van der Waals surface area contributed by atoms with Crippen molar-refractivity contribution in [3.63, 3.8) is 0 Å². The number of carboxylic acids is 1. The zero-order chi connectivity index (χ0) is 20.4. The minimum atomic E-state index is -1.14. The molecule has 2 aromatic carbocycles. The van der Waals surface area contributed by atoms with E-state index in [0.29, 0.717) is 0 Å². The van der Waals surface area contributed by atoms with Crippen molar-refractivity contribution >= 4 is 12.1 Å². The first-order valence-corrected chi connectivity index (χ1v) is 9.38. The lowest BCUT2D eigenvalue weighted by Crippen LogP contribution is -2.46. The Bertz CT molecular complexity index is 987. The number of fused-ring (bicyclic) bond motifs is 3. The molecule has 4 rings (SSSR count). The standard InChI is InChI=1S/C22H21N3O4/c1-14(25-11-10-23-13-25)20(21(26)27)24-22(28)29-12-19-17-8-4-2-6-15(17)16-7-3-5-9-18(16)19/h2-11,13-14,19-20H,12H2,1H3,(H,24,28)(H,26,27). The highest BCUT2D eigenvalue weighted by molar-refractivity contribution is 5.81. The summed E-state index contributed by atoms with van der Waals surface area (Å²) >= 11 is 0. The van der Waals surface area contributed by atoms with Crippen LogP contribution in [0.15, 0.2) is 67.3 Å². The minimum Gasteiger partial charge on any atom is -0.480 e. The molecular formula is C22H21N3O4. The highest BCUT2D eigenvalue weighted by atomic mass is 16.5. The zero-order valence-electron chi connectivity index (χ0n) is 15.9. The van der Waals surface area contributed by atoms with E-state index in [0.717, 1.165) is 22.3 Å². The number of nitrogens with one attached hydrogen (secondary N) is 1. The number of ether oxygens (including phenoxy) is 1. The smallest absolute Gasteiger partial charge is 0.407 e. The first-order chi connectivity index (χ1) is 14.1. The third-order valence-corrected chi connectivity index (χ3v) is 5.36. The maximum absolute atomic E-state index is 12.4. The van der Waals surface area contributed by atoms with Crippen LogP contribution < -0.4 is 5.32 Å². The zero-order valence-corrected chi connectivity index (χ0v) is 15.9. The van der Waals surface area contributed by atoms with E-state index in [1.165, 1.54) is 6.33 Å². The molecule has 2 unspecified atom stereocenters. The number of amides is 1. The van der Waals surface area contributed by atoms with Crippen molar-refractivity contribution in [3.05, 3.63) is 78.4 Å². The van der Waals surface area contributed by atoms with Crippen LogP contribution in [0.4, 0.5) is 4.79 Å². The second kappa shape index (κ2) is 7.79. The van der Waals surface area contributed by atoms with Gasteiger partial charge in [0.2, 0.25) is 0 Å². The van der Waals surface area contributed by atoms with Crippen molar-refractivity contribution in [1.29, 1.82) is 0 Å². The number of aliphatic carboxylic acids is 1. The average molecular weight is 391 g/mol. The molecule has 1 aromatic heterocycles. The van der Waals surface area contributed by atoms with Gasteiger partial charge < -0.3 is 19.7 Å². The molecule has 7 nitrogen and oxygen atoms in total. The van der Waals surface area contributed by atoms with Gasteiger partial charge in [0.15, 0.2) is 0 Å². The van der Waals surface area contributed by atoms with E-state index in [1.54, 1.807) is 23.9 Å². The molecule has 0 saturated heterocycles. The van der Waals surface area contributed by atoms with Crippen molar-refractivity contribution < 1.29 is 19.4 Å². The lowest BCUT2D eigenvalue weighted by Gasteiger charge is -2.22. The van der Waals surface area contributed by atoms with Gasteiger partial charge in [0.1, 0.15) is 12.6 Å². The Morgan fingerprint density at radius 3 is 2.31 bits per heavy atom. The van der Waals surface area contributed by atoms with Crippen LogP contribution in [-0.4, -0.2) is 39.4 Å². The molecule has 0 bridgehead atoms. The van der Waals surface area contributed by atoms with Crippen LogP contribution in [0.1, 0.15) is 30.0 Å². The van der Waals surface area contributed by atoms with Crippen molar-refractivity contribution in [1.82, 2.24) is 14.9 Å². The number of hydrogen-bond donors (Lipinski definition) is 2. The lowest BCUT2D eigenvalue weighted by atomic mass is 9.98. The van der Waals surface area contributed by atoms with Crippen molar-refractivity contribution in [3.8, 4) is 11.1 Å². The number of carbonyl (C=O) groups is 2. The van der Waals surface area contributed by atoms with Gasteiger partial charge in [-0.15, -0.1) is 0 Å². The van der Waals surface area contributed by atoms with E-state index in [-0.39, 0.29) is 12.5 Å². The van der Waals surface area contributed by atoms with Gasteiger partial charge in [0.25, 0.3) is 0 Å². The number of carboxylic acid groups (broad SMARTS) is 1. The van der Waals surface area contributed by atoms with Gasteiger partial charge in [-0.2, -0.15) is 0 Å². The van der Waals surface area contributed by atoms with Crippen molar-refractivity contribution in [2.45, 2.75) is 24.9 Å². The van der Waals surface area contributed by atoms with E-state index < -0.39 is 24.1 Å². The van der Waals surface area contributed by atoms with Crippen LogP contribution in [0, 0.1) is 0 Å². The highest BCUT2D eigenvalue weighted by Crippen LogP contribution is 2.44. The number of alkyl carbamates (subject to hydrolysis) is 1. The monoisotopic (exact) mass is 391 g/mol. The summed E-state index contributed by atoms with van der Waals surface area (Å²) in [5.41, 5.74) is 4.47. The van der Waals surface area contributed by atoms with E-state index in [2.05, 4.69) is 22.4 Å². The SMILES string of the molecule is CC(C(NC(=O)OCC1c2ccccc2-c2ccccc21)C(=O)O)n1ccnc1. The number of rotatable bonds is 6. The molecule has 7 heteroatoms. The molecule has 3 aromatic rings. The van der Waals surface area contributed by atoms with Crippen LogP contribution >= 0.6 is 0 Å². The van der Waals surface area contributed by atoms with Crippen molar-refractivity contribution in [2.24, 2.45) is 0 Å². The molecule has 2 atom stereocenters. The maximum atomic E-state index is 12.4. The summed E-state index contributed by atoms with van der Waals surface area (Å²) in [5, 5.41) is 12.0. The average Bonchev–Trinajstić information content (AvgIpc) is 3.37. The predicted molar refractivity (Wildman–Crippen MR) is 107 cm³/mol. The van der Waals surface area contributed by atoms with Crippen LogP contribution in [0.25, 0.3) is 11.1 Å². The minimum absolute atomic E-state index is 0.0810. The number of hydrogen-bond acceptors (Lipinski definition) is 4. The summed E-state index contributed by atoms with van der Waals surface area (Å²) in [4.78, 5) is 28.0. The highest BCUT2D eigenvalue weighted by Gasteiger charge is 2.31. The summed E-state index contributed by atoms with van der Waals surface area (Å²) < 4.78 is 7.08. The molecular weight excluding hydrogens is 370 g/mol. The number of nitrogens with zero attached hydrogens (tertiary/aromatic N) is 2. The maximum Gasteiger partial charge on any atom is 0.407 e. The lowest BCUT2D eigenvalue weighted by molar-refractivity contribution is -0.140. The molecule has 0 fully saturated rings. The van der Waals surface area contributed by atoms with E-state index >= 15 is 0 Å². The van der Waals surface area contributed by atoms with Crippen LogP contribution in [0.2, 0.25) is 0 Å². The Morgan fingerprint density at radius 1 is 1.14 bits per heavy atom. The molecule has 29 heavy (non-hydrogen) atoms. The van der Waals surface area contributed by atoms with Gasteiger partial charge in [0, 0.05) is 18.3 Å². The fourth-order valence-electron chi connectivity index (χ4n) is 3.84. The molecule has 1 aliphatic rings. The Morgan fingerprint density at radius 2 is 1.76 bits per heavy atom. The summed E-state index contributed by atoms with van der Waals surface area (Å²) in [6.07, 6.45) is 3.97. The second-order valence-electron chi connectivity index (χ2n) is 7.04. The molecule has 1 aliphatic carbocycles. The fourth-order valence-corrected chi connectivity index (χ4v) is 3.84. The molecule has 0 aliphatic heterocycles. The third-order valence-electron chi connectivity index (χ3n) is 5.36. The Kier molecular flexibility index (Phi) is 5.03. The topological polar surface area (TPSA) is 93.5 Å². The summed E-state index contributed by atoms with van der Waals surface area (Å²) in [7, 11) is 0. The molecule has 0 saturated carbocycles. The molecule has 0 radical (unpaired) electrons. The quantitative estimate of drug-likeness (QED) is 0.671. The molecule has 148 valence electrons. The predicted octanol–water partition coefficient (Wildman–Crippen LogP) is 3.44. The van der Waals surface area contributed by atoms with Gasteiger partial charge in [-0.25, -0.2) is 14.6 Å². The largest absolute Gasteiger partial charge is 0.480 e. The molecule has 2 N–H and O–H groups in total. The molecule has 1 heterocycles. The third kappa shape index (κ3) is 3.59. The van der Waals surface area contributed by atoms with Gasteiger partial charge in [-0.05, 0) is 29.2 Å². The number of benzene rings is 2. The number of imidazole rings is 1. The van der Waals surface area contributed by atoms with Crippen LogP contribution in [0.5, 0.6) is 0 Å². The van der Waals surface area contributed by atoms with Crippen molar-refractivity contribution in [2.75, 3.05) is 6.61 Å². The Balaban J connectivity index is 1.46. The summed E-state index contributed by atoms with van der Waals surface area (Å²) in [6, 6.07) is 14.4. The van der Waals surface area contributed by atoms with Crippen LogP contribution in [-0.2, 0) is 9.53 Å². The summed E-state index contributed by atoms with van der Waals surface area (Å²) in [5.74, 6) is -1.22. The van der Waals surface area contributed by atoms with Gasteiger partial charge in [0.05, 0.1) is 12.4 Å². The van der Waals surface area contributed by atoms with Crippen LogP contribution in [0.3, 0.4) is 0 Å². The number of aromatic nitrogens is 2. The number of carbonyl (C=O) groups excluding carboxylic acids is 1. The first kappa shape index (κ1) is 18.7. The second-order valence-corrected chi connectivity index (χ2v) is 7.04. The van der Waals surface area contributed by atoms with Gasteiger partial charge >= 0.3 is 12.1 Å². The van der Waals surface area contributed by atoms with E-state index in [9.17, 15) is 14.7 Å². The van der Waals surface area contributed by atoms with E-state index in [1.807, 2.05) is 36.4 Å².